The van der Waals surface area contributed by atoms with Gasteiger partial charge in [0.15, 0.2) is 11.6 Å². The van der Waals surface area contributed by atoms with Gasteiger partial charge in [0.1, 0.15) is 0 Å². The first-order chi connectivity index (χ1) is 14.0. The predicted octanol–water partition coefficient (Wildman–Crippen LogP) is 4.50. The van der Waals surface area contributed by atoms with E-state index < -0.39 is 5.41 Å². The van der Waals surface area contributed by atoms with Gasteiger partial charge in [-0.1, -0.05) is 32.8 Å². The van der Waals surface area contributed by atoms with Crippen molar-refractivity contribution in [2.24, 2.45) is 29.1 Å². The number of hydrogen-bond donors (Lipinski definition) is 0. The molecule has 6 aliphatic rings. The van der Waals surface area contributed by atoms with Gasteiger partial charge >= 0.3 is 5.97 Å². The number of Topliss-reactive ketones (excluding diaryl/α,β-unsaturated/α-hetero) is 2. The van der Waals surface area contributed by atoms with Crippen molar-refractivity contribution in [2.75, 3.05) is 7.11 Å². The van der Waals surface area contributed by atoms with Gasteiger partial charge in [0.25, 0.3) is 0 Å². The van der Waals surface area contributed by atoms with Crippen LogP contribution in [0, 0.1) is 29.1 Å². The Kier molecular flexibility index (Phi) is 4.27. The summed E-state index contributed by atoms with van der Waals surface area (Å²) >= 11 is 0. The van der Waals surface area contributed by atoms with Crippen LogP contribution in [0.1, 0.15) is 65.2 Å². The number of carbonyl (C=O) groups is 3. The number of rotatable bonds is 5. The first-order valence-corrected chi connectivity index (χ1v) is 11.4. The van der Waals surface area contributed by atoms with Crippen molar-refractivity contribution in [3.8, 4) is 0 Å². The summed E-state index contributed by atoms with van der Waals surface area (Å²) in [6.45, 7) is 4.20. The molecule has 0 aromatic rings. The summed E-state index contributed by atoms with van der Waals surface area (Å²) in [7, 11) is 1.41. The lowest BCUT2D eigenvalue weighted by atomic mass is 9.43. The van der Waals surface area contributed by atoms with Gasteiger partial charge in [-0.15, -0.1) is 0 Å². The van der Waals surface area contributed by atoms with Crippen LogP contribution in [0.4, 0.5) is 0 Å². The largest absolute Gasteiger partial charge is 0.466 e. The van der Waals surface area contributed by atoms with Crippen LogP contribution in [0.2, 0.25) is 0 Å². The van der Waals surface area contributed by atoms with Gasteiger partial charge in [-0.25, -0.2) is 4.79 Å². The Morgan fingerprint density at radius 3 is 2.66 bits per heavy atom. The van der Waals surface area contributed by atoms with Crippen molar-refractivity contribution in [2.45, 2.75) is 65.2 Å². The maximum Gasteiger partial charge on any atom is 0.334 e. The van der Waals surface area contributed by atoms with E-state index in [1.165, 1.54) is 12.7 Å². The number of ether oxygens (including phenoxy) is 1. The maximum absolute atomic E-state index is 14.2. The summed E-state index contributed by atoms with van der Waals surface area (Å²) in [5.74, 6) is 0.565. The summed E-state index contributed by atoms with van der Waals surface area (Å²) in [6, 6.07) is 0. The number of esters is 1. The fraction of sp³-hybridized carbons (Fsp3) is 0.640. The molecule has 1 saturated carbocycles. The Hall–Kier alpha value is -1.97. The summed E-state index contributed by atoms with van der Waals surface area (Å²) in [5, 5.41) is 0. The molecule has 5 atom stereocenters. The van der Waals surface area contributed by atoms with Gasteiger partial charge in [0.05, 0.1) is 12.5 Å². The Labute approximate surface area is 172 Å². The van der Waals surface area contributed by atoms with E-state index in [0.29, 0.717) is 30.3 Å². The summed E-state index contributed by atoms with van der Waals surface area (Å²) < 4.78 is 5.14. The van der Waals surface area contributed by atoms with Crippen molar-refractivity contribution >= 4 is 17.5 Å². The molecular weight excluding hydrogens is 364 g/mol. The van der Waals surface area contributed by atoms with E-state index in [1.807, 2.05) is 0 Å². The molecule has 154 valence electrons. The maximum atomic E-state index is 14.2. The Morgan fingerprint density at radius 2 is 1.97 bits per heavy atom. The molecule has 0 aromatic carbocycles. The minimum Gasteiger partial charge on any atom is -0.466 e. The highest BCUT2D eigenvalue weighted by Gasteiger charge is 2.67. The van der Waals surface area contributed by atoms with Crippen molar-refractivity contribution < 1.29 is 19.1 Å². The average Bonchev–Trinajstić information content (AvgIpc) is 3.03. The molecule has 0 radical (unpaired) electrons. The second kappa shape index (κ2) is 6.52. The fourth-order valence-corrected chi connectivity index (χ4v) is 7.40. The molecule has 0 unspecified atom stereocenters. The summed E-state index contributed by atoms with van der Waals surface area (Å²) in [6.07, 6.45) is 8.82. The van der Waals surface area contributed by atoms with Crippen LogP contribution < -0.4 is 0 Å². The number of allylic oxidation sites excluding steroid dienone is 5. The third-order valence-electron chi connectivity index (χ3n) is 8.35. The van der Waals surface area contributed by atoms with E-state index in [-0.39, 0.29) is 29.4 Å². The third kappa shape index (κ3) is 2.18. The lowest BCUT2D eigenvalue weighted by molar-refractivity contribution is -0.145. The van der Waals surface area contributed by atoms with Gasteiger partial charge in [-0.05, 0) is 67.1 Å². The molecular formula is C25H30O4. The van der Waals surface area contributed by atoms with Gasteiger partial charge in [0, 0.05) is 23.0 Å². The number of carbonyl (C=O) groups excluding carboxylic acids is 3. The Bertz CT molecular complexity index is 917. The van der Waals surface area contributed by atoms with Crippen molar-refractivity contribution in [3.05, 3.63) is 33.9 Å². The van der Waals surface area contributed by atoms with E-state index >= 15 is 0 Å². The lowest BCUT2D eigenvalue weighted by Crippen LogP contribution is -2.58. The number of fused-ring (bicyclic) bond motifs is 1. The van der Waals surface area contributed by atoms with E-state index in [4.69, 9.17) is 4.74 Å². The van der Waals surface area contributed by atoms with E-state index in [1.54, 1.807) is 0 Å². The lowest BCUT2D eigenvalue weighted by Gasteiger charge is -2.58. The molecule has 6 aliphatic carbocycles. The van der Waals surface area contributed by atoms with Crippen LogP contribution in [0.3, 0.4) is 0 Å². The van der Waals surface area contributed by atoms with Crippen LogP contribution in [0.5, 0.6) is 0 Å². The topological polar surface area (TPSA) is 60.4 Å². The summed E-state index contributed by atoms with van der Waals surface area (Å²) in [5.41, 5.74) is 3.87. The number of hydrogen-bond acceptors (Lipinski definition) is 4. The first-order valence-electron chi connectivity index (χ1n) is 11.4. The minimum atomic E-state index is -0.803. The molecule has 0 N–H and O–H groups in total. The molecule has 0 amide bonds. The zero-order valence-electron chi connectivity index (χ0n) is 17.7. The van der Waals surface area contributed by atoms with Gasteiger partial charge in [0.2, 0.25) is 0 Å². The van der Waals surface area contributed by atoms with Crippen LogP contribution in [0.15, 0.2) is 33.9 Å². The van der Waals surface area contributed by atoms with E-state index in [9.17, 15) is 14.4 Å². The molecule has 1 spiro atoms. The Balaban J connectivity index is 1.81. The zero-order chi connectivity index (χ0) is 20.5. The molecule has 0 aromatic heterocycles. The molecule has 0 saturated heterocycles. The van der Waals surface area contributed by atoms with Crippen molar-refractivity contribution in [1.29, 1.82) is 0 Å². The molecule has 29 heavy (non-hydrogen) atoms. The van der Waals surface area contributed by atoms with Gasteiger partial charge in [-0.2, -0.15) is 0 Å². The number of ketones is 2. The number of methoxy groups -OCH3 is 1. The molecule has 0 aliphatic heterocycles. The highest BCUT2D eigenvalue weighted by atomic mass is 16.5. The van der Waals surface area contributed by atoms with Crippen LogP contribution in [-0.2, 0) is 19.1 Å². The van der Waals surface area contributed by atoms with Crippen LogP contribution >= 0.6 is 0 Å². The van der Waals surface area contributed by atoms with Crippen LogP contribution in [-0.4, -0.2) is 24.6 Å². The molecule has 1 fully saturated rings. The Morgan fingerprint density at radius 1 is 1.17 bits per heavy atom. The standard InChI is InChI=1S/C25H30O4/c1-4-6-15-19-17(7-5-2)23(27)25-11-10-13(12-18(25)24(28)29-3)14-8-9-16(22(15)26)20(19)21(14)25/h12-15,21H,4-11H2,1-3H3/t13-,14+,15+,21-,25-/m1/s1. The molecule has 4 heteroatoms. The van der Waals surface area contributed by atoms with E-state index in [2.05, 4.69) is 19.9 Å². The fourth-order valence-electron chi connectivity index (χ4n) is 7.40. The predicted molar refractivity (Wildman–Crippen MR) is 109 cm³/mol. The smallest absolute Gasteiger partial charge is 0.334 e. The van der Waals surface area contributed by atoms with Crippen molar-refractivity contribution in [1.82, 2.24) is 0 Å². The third-order valence-corrected chi connectivity index (χ3v) is 8.35. The molecule has 0 heterocycles. The zero-order valence-corrected chi connectivity index (χ0v) is 17.7. The highest BCUT2D eigenvalue weighted by molar-refractivity contribution is 6.15. The van der Waals surface area contributed by atoms with Gasteiger partial charge in [-0.3, -0.25) is 9.59 Å². The van der Waals surface area contributed by atoms with Crippen molar-refractivity contribution in [3.63, 3.8) is 0 Å². The monoisotopic (exact) mass is 394 g/mol. The molecule has 2 bridgehead atoms. The SMILES string of the molecule is CCCC1=C2C3=C(CC[C@H]4[C@H]5C=C(C(=O)OC)[C@@](CC5)(C1=O)[C@@H]34)C(=O)[C@H]2CCC. The first kappa shape index (κ1) is 19.0. The molecule has 4 nitrogen and oxygen atoms in total. The van der Waals surface area contributed by atoms with Gasteiger partial charge < -0.3 is 4.74 Å². The van der Waals surface area contributed by atoms with E-state index in [0.717, 1.165) is 55.2 Å². The molecule has 6 rings (SSSR count). The van der Waals surface area contributed by atoms with Crippen LogP contribution in [0.25, 0.3) is 0 Å². The average molecular weight is 395 g/mol. The highest BCUT2D eigenvalue weighted by Crippen LogP contribution is 2.68. The minimum absolute atomic E-state index is 0.00184. The second-order valence-corrected chi connectivity index (χ2v) is 9.50. The summed E-state index contributed by atoms with van der Waals surface area (Å²) in [4.78, 5) is 40.4. The normalized spacial score (nSPS) is 37.1. The second-order valence-electron chi connectivity index (χ2n) is 9.50. The quantitative estimate of drug-likeness (QED) is 0.644.